The zero-order valence-electron chi connectivity index (χ0n) is 13.9. The minimum atomic E-state index is -0.231. The summed E-state index contributed by atoms with van der Waals surface area (Å²) in [5.74, 6) is -0.231. The lowest BCUT2D eigenvalue weighted by molar-refractivity contribution is 0.0948. The molecule has 0 saturated heterocycles. The van der Waals surface area contributed by atoms with Crippen LogP contribution in [-0.4, -0.2) is 36.2 Å². The van der Waals surface area contributed by atoms with Crippen LogP contribution in [0, 0.1) is 13.8 Å². The van der Waals surface area contributed by atoms with Gasteiger partial charge in [0.25, 0.3) is 5.91 Å². The highest BCUT2D eigenvalue weighted by Gasteiger charge is 2.17. The molecule has 0 bridgehead atoms. The maximum absolute atomic E-state index is 12.3. The molecule has 1 N–H and O–H groups in total. The summed E-state index contributed by atoms with van der Waals surface area (Å²) in [6, 6.07) is 7.56. The van der Waals surface area contributed by atoms with Crippen molar-refractivity contribution >= 4 is 29.2 Å². The zero-order chi connectivity index (χ0) is 17.8. The number of hydrogen-bond donors (Lipinski definition) is 1. The molecule has 7 nitrogen and oxygen atoms in total. The van der Waals surface area contributed by atoms with Gasteiger partial charge in [0.15, 0.2) is 5.69 Å². The number of nitrogens with one attached hydrogen (secondary N) is 1. The molecule has 0 spiro atoms. The first-order chi connectivity index (χ1) is 12.0. The van der Waals surface area contributed by atoms with Gasteiger partial charge < -0.3 is 5.32 Å². The van der Waals surface area contributed by atoms with Crippen molar-refractivity contribution in [2.24, 2.45) is 0 Å². The lowest BCUT2D eigenvalue weighted by atomic mass is 10.1. The van der Waals surface area contributed by atoms with Gasteiger partial charge in [0.05, 0.1) is 35.4 Å². The van der Waals surface area contributed by atoms with Crippen molar-refractivity contribution in [3.05, 3.63) is 57.6 Å². The van der Waals surface area contributed by atoms with Crippen LogP contribution in [0.4, 0.5) is 0 Å². The second-order valence-electron chi connectivity index (χ2n) is 5.61. The minimum absolute atomic E-state index is 0.231. The van der Waals surface area contributed by atoms with Crippen molar-refractivity contribution in [2.75, 3.05) is 6.54 Å². The van der Waals surface area contributed by atoms with E-state index in [-0.39, 0.29) is 5.91 Å². The molecule has 0 aliphatic carbocycles. The van der Waals surface area contributed by atoms with E-state index in [9.17, 15) is 4.79 Å². The number of benzene rings is 1. The van der Waals surface area contributed by atoms with Gasteiger partial charge in [-0.25, -0.2) is 4.68 Å². The number of halogens is 1. The molecule has 2 aromatic heterocycles. The van der Waals surface area contributed by atoms with Crippen molar-refractivity contribution in [1.29, 1.82) is 0 Å². The third-order valence-electron chi connectivity index (χ3n) is 3.86. The van der Waals surface area contributed by atoms with Gasteiger partial charge in [-0.2, -0.15) is 8.75 Å². The molecule has 0 aliphatic rings. The number of carbonyl (C=O) groups excluding carboxylic acids is 1. The Morgan fingerprint density at radius 1 is 1.24 bits per heavy atom. The fourth-order valence-corrected chi connectivity index (χ4v) is 2.99. The largest absolute Gasteiger partial charge is 0.350 e. The van der Waals surface area contributed by atoms with E-state index in [0.29, 0.717) is 29.5 Å². The smallest absolute Gasteiger partial charge is 0.273 e. The van der Waals surface area contributed by atoms with Gasteiger partial charge in [-0.05, 0) is 38.0 Å². The first-order valence-corrected chi connectivity index (χ1v) is 8.86. The summed E-state index contributed by atoms with van der Waals surface area (Å²) in [7, 11) is 0. The van der Waals surface area contributed by atoms with Crippen molar-refractivity contribution < 1.29 is 4.79 Å². The molecule has 0 unspecified atom stereocenters. The number of hydrogen-bond acceptors (Lipinski definition) is 6. The molecule has 3 rings (SSSR count). The standard InChI is InChI=1S/C16H17ClN6OS/c1-10-14(21-25-20-10)9-23-11(2)15(19-22-23)16(24)18-8-7-12-3-5-13(17)6-4-12/h3-6H,7-9H2,1-2H3,(H,18,24). The van der Waals surface area contributed by atoms with E-state index < -0.39 is 0 Å². The molecule has 0 radical (unpaired) electrons. The highest BCUT2D eigenvalue weighted by Crippen LogP contribution is 2.11. The number of aryl methyl sites for hydroxylation is 1. The maximum atomic E-state index is 12.3. The van der Waals surface area contributed by atoms with Gasteiger partial charge in [-0.1, -0.05) is 28.9 Å². The van der Waals surface area contributed by atoms with Crippen LogP contribution >= 0.6 is 23.3 Å². The normalized spacial score (nSPS) is 10.8. The van der Waals surface area contributed by atoms with Crippen LogP contribution < -0.4 is 5.32 Å². The SMILES string of the molecule is Cc1nsnc1Cn1nnc(C(=O)NCCc2ccc(Cl)cc2)c1C. The number of rotatable bonds is 6. The van der Waals surface area contributed by atoms with E-state index >= 15 is 0 Å². The van der Waals surface area contributed by atoms with Gasteiger partial charge in [-0.15, -0.1) is 5.10 Å². The summed E-state index contributed by atoms with van der Waals surface area (Å²) >= 11 is 7.03. The van der Waals surface area contributed by atoms with Crippen LogP contribution in [0.2, 0.25) is 5.02 Å². The third kappa shape index (κ3) is 4.21. The summed E-state index contributed by atoms with van der Waals surface area (Å²) in [4.78, 5) is 12.3. The molecule has 3 aromatic rings. The lowest BCUT2D eigenvalue weighted by Gasteiger charge is -2.05. The Morgan fingerprint density at radius 2 is 2.00 bits per heavy atom. The third-order valence-corrected chi connectivity index (χ3v) is 4.77. The van der Waals surface area contributed by atoms with Crippen molar-refractivity contribution in [2.45, 2.75) is 26.8 Å². The molecule has 0 atom stereocenters. The molecule has 0 fully saturated rings. The van der Waals surface area contributed by atoms with Gasteiger partial charge in [0, 0.05) is 11.6 Å². The van der Waals surface area contributed by atoms with E-state index in [4.69, 9.17) is 11.6 Å². The van der Waals surface area contributed by atoms with Crippen LogP contribution in [0.3, 0.4) is 0 Å². The Balaban J connectivity index is 1.59. The van der Waals surface area contributed by atoms with Gasteiger partial charge >= 0.3 is 0 Å². The van der Waals surface area contributed by atoms with Crippen LogP contribution in [0.5, 0.6) is 0 Å². The summed E-state index contributed by atoms with van der Waals surface area (Å²) in [6.07, 6.45) is 0.722. The second kappa shape index (κ2) is 7.71. The predicted octanol–water partition coefficient (Wildman–Crippen LogP) is 2.42. The van der Waals surface area contributed by atoms with Crippen LogP contribution in [0.15, 0.2) is 24.3 Å². The Hall–Kier alpha value is -2.32. The number of amides is 1. The fraction of sp³-hybridized carbons (Fsp3) is 0.312. The Morgan fingerprint density at radius 3 is 2.68 bits per heavy atom. The van der Waals surface area contributed by atoms with E-state index in [1.165, 1.54) is 11.7 Å². The lowest BCUT2D eigenvalue weighted by Crippen LogP contribution is -2.26. The fourth-order valence-electron chi connectivity index (χ4n) is 2.31. The average molecular weight is 377 g/mol. The molecule has 1 amide bonds. The zero-order valence-corrected chi connectivity index (χ0v) is 15.4. The van der Waals surface area contributed by atoms with Crippen molar-refractivity contribution in [3.8, 4) is 0 Å². The van der Waals surface area contributed by atoms with Gasteiger partial charge in [-0.3, -0.25) is 4.79 Å². The highest BCUT2D eigenvalue weighted by atomic mass is 35.5. The maximum Gasteiger partial charge on any atom is 0.273 e. The predicted molar refractivity (Wildman–Crippen MR) is 96.0 cm³/mol. The molecule has 0 saturated carbocycles. The van der Waals surface area contributed by atoms with E-state index in [0.717, 1.165) is 23.4 Å². The Kier molecular flexibility index (Phi) is 5.40. The van der Waals surface area contributed by atoms with Crippen molar-refractivity contribution in [1.82, 2.24) is 29.1 Å². The van der Waals surface area contributed by atoms with Gasteiger partial charge in [0.1, 0.15) is 0 Å². The number of carbonyl (C=O) groups is 1. The quantitative estimate of drug-likeness (QED) is 0.714. The Bertz CT molecular complexity index is 873. The van der Waals surface area contributed by atoms with Crippen LogP contribution in [0.1, 0.15) is 33.1 Å². The number of nitrogens with zero attached hydrogens (tertiary/aromatic N) is 5. The van der Waals surface area contributed by atoms with Crippen LogP contribution in [0.25, 0.3) is 0 Å². The molecule has 1 aromatic carbocycles. The average Bonchev–Trinajstić information content (AvgIpc) is 3.16. The first-order valence-electron chi connectivity index (χ1n) is 7.75. The summed E-state index contributed by atoms with van der Waals surface area (Å²) in [5, 5.41) is 11.6. The Labute approximate surface area is 154 Å². The topological polar surface area (TPSA) is 85.6 Å². The van der Waals surface area contributed by atoms with Gasteiger partial charge in [0.2, 0.25) is 0 Å². The molecule has 0 aliphatic heterocycles. The first kappa shape index (κ1) is 17.5. The monoisotopic (exact) mass is 376 g/mol. The molecule has 25 heavy (non-hydrogen) atoms. The summed E-state index contributed by atoms with van der Waals surface area (Å²) in [6.45, 7) is 4.69. The summed E-state index contributed by atoms with van der Waals surface area (Å²) < 4.78 is 10.0. The molecule has 2 heterocycles. The van der Waals surface area contributed by atoms with E-state index in [1.54, 1.807) is 4.68 Å². The molecular weight excluding hydrogens is 360 g/mol. The highest BCUT2D eigenvalue weighted by molar-refractivity contribution is 6.99. The van der Waals surface area contributed by atoms with Crippen molar-refractivity contribution in [3.63, 3.8) is 0 Å². The van der Waals surface area contributed by atoms with Crippen LogP contribution in [-0.2, 0) is 13.0 Å². The summed E-state index contributed by atoms with van der Waals surface area (Å²) in [5.41, 5.74) is 3.85. The van der Waals surface area contributed by atoms with E-state index in [2.05, 4.69) is 24.4 Å². The minimum Gasteiger partial charge on any atom is -0.350 e. The second-order valence-corrected chi connectivity index (χ2v) is 6.57. The molecule has 9 heteroatoms. The molecule has 130 valence electrons. The van der Waals surface area contributed by atoms with E-state index in [1.807, 2.05) is 38.1 Å². The number of aromatic nitrogens is 5. The molecular formula is C16H17ClN6OS.